The molecular formula is C22H27N5O2. The lowest BCUT2D eigenvalue weighted by molar-refractivity contribution is 0.262. The topological polar surface area (TPSA) is 62.2 Å². The zero-order valence-corrected chi connectivity index (χ0v) is 17.1. The Morgan fingerprint density at radius 1 is 1.10 bits per heavy atom. The van der Waals surface area contributed by atoms with Gasteiger partial charge < -0.3 is 24.6 Å². The summed E-state index contributed by atoms with van der Waals surface area (Å²) in [6.45, 7) is 3.43. The fourth-order valence-electron chi connectivity index (χ4n) is 3.81. The fourth-order valence-corrected chi connectivity index (χ4v) is 3.81. The minimum Gasteiger partial charge on any atom is -0.497 e. The van der Waals surface area contributed by atoms with Crippen LogP contribution < -0.4 is 14.8 Å². The quantitative estimate of drug-likeness (QED) is 0.861. The number of ether oxygens (including phenoxy) is 2. The van der Waals surface area contributed by atoms with E-state index < -0.39 is 0 Å². The minimum atomic E-state index is 0.149. The summed E-state index contributed by atoms with van der Waals surface area (Å²) in [5.41, 5.74) is 3.22. The van der Waals surface area contributed by atoms with Crippen molar-refractivity contribution in [3.05, 3.63) is 59.9 Å². The summed E-state index contributed by atoms with van der Waals surface area (Å²) in [7, 11) is 5.45. The van der Waals surface area contributed by atoms with Crippen molar-refractivity contribution in [2.45, 2.75) is 6.04 Å². The third-order valence-electron chi connectivity index (χ3n) is 5.37. The average Bonchev–Trinajstić information content (AvgIpc) is 2.79. The van der Waals surface area contributed by atoms with Gasteiger partial charge in [-0.3, -0.25) is 4.98 Å². The van der Waals surface area contributed by atoms with Crippen molar-refractivity contribution in [2.75, 3.05) is 47.4 Å². The van der Waals surface area contributed by atoms with Gasteiger partial charge in [0.15, 0.2) is 0 Å². The Hall–Kier alpha value is -3.06. The standard InChI is InChI=1S/C22H27N5O2/c1-26-12-8-19(16-6-9-23-10-7-16)25-22(26)27-13-11-24-20(15-27)18-5-4-17(28-2)14-21(18)29-3/h4-10,14,20,24H,11-13,15H2,1-3H3. The molecule has 0 spiro atoms. The number of hydrogen-bond donors (Lipinski definition) is 1. The Morgan fingerprint density at radius 2 is 1.93 bits per heavy atom. The van der Waals surface area contributed by atoms with Crippen molar-refractivity contribution >= 4 is 11.7 Å². The number of nitrogens with one attached hydrogen (secondary N) is 1. The van der Waals surface area contributed by atoms with E-state index in [9.17, 15) is 0 Å². The molecule has 3 heterocycles. The molecule has 0 aliphatic carbocycles. The summed E-state index contributed by atoms with van der Waals surface area (Å²) >= 11 is 0. The summed E-state index contributed by atoms with van der Waals surface area (Å²) in [5.74, 6) is 2.63. The first-order valence-corrected chi connectivity index (χ1v) is 9.80. The normalized spacial score (nSPS) is 19.5. The SMILES string of the molecule is COc1ccc(C2CN(C3=NC(c4ccncc4)=CCN3C)CCN2)c(OC)c1. The maximum atomic E-state index is 5.62. The molecule has 1 aromatic carbocycles. The number of likely N-dealkylation sites (N-methyl/N-ethyl adjacent to an activating group) is 1. The monoisotopic (exact) mass is 393 g/mol. The molecule has 2 aliphatic rings. The second-order valence-electron chi connectivity index (χ2n) is 7.18. The Bertz CT molecular complexity index is 913. The molecule has 1 unspecified atom stereocenters. The van der Waals surface area contributed by atoms with Crippen LogP contribution in [-0.4, -0.2) is 68.2 Å². The van der Waals surface area contributed by atoms with Crippen LogP contribution in [0.1, 0.15) is 17.2 Å². The number of methoxy groups -OCH3 is 2. The number of guanidine groups is 1. The van der Waals surface area contributed by atoms with Gasteiger partial charge in [0.25, 0.3) is 0 Å². The van der Waals surface area contributed by atoms with E-state index in [1.165, 1.54) is 0 Å². The Balaban J connectivity index is 1.58. The number of aliphatic imine (C=N–C) groups is 1. The van der Waals surface area contributed by atoms with E-state index in [4.69, 9.17) is 14.5 Å². The predicted octanol–water partition coefficient (Wildman–Crippen LogP) is 2.39. The maximum Gasteiger partial charge on any atom is 0.201 e. The molecule has 4 rings (SSSR count). The van der Waals surface area contributed by atoms with E-state index in [0.717, 1.165) is 60.5 Å². The van der Waals surface area contributed by atoms with E-state index in [0.29, 0.717) is 0 Å². The summed E-state index contributed by atoms with van der Waals surface area (Å²) in [4.78, 5) is 13.6. The van der Waals surface area contributed by atoms with Crippen LogP contribution in [0.25, 0.3) is 5.70 Å². The van der Waals surface area contributed by atoms with Gasteiger partial charge in [0.05, 0.1) is 26.0 Å². The second kappa shape index (κ2) is 8.53. The maximum absolute atomic E-state index is 5.62. The number of rotatable bonds is 4. The van der Waals surface area contributed by atoms with E-state index >= 15 is 0 Å². The number of piperazine rings is 1. The van der Waals surface area contributed by atoms with E-state index in [1.54, 1.807) is 26.6 Å². The van der Waals surface area contributed by atoms with Crippen molar-refractivity contribution in [3.63, 3.8) is 0 Å². The average molecular weight is 393 g/mol. The molecule has 0 saturated carbocycles. The molecule has 2 aliphatic heterocycles. The highest BCUT2D eigenvalue weighted by Gasteiger charge is 2.28. The van der Waals surface area contributed by atoms with Gasteiger partial charge >= 0.3 is 0 Å². The van der Waals surface area contributed by atoms with Gasteiger partial charge in [-0.05, 0) is 30.3 Å². The lowest BCUT2D eigenvalue weighted by atomic mass is 10.0. The van der Waals surface area contributed by atoms with Crippen LogP contribution in [0.3, 0.4) is 0 Å². The van der Waals surface area contributed by atoms with Gasteiger partial charge in [0.1, 0.15) is 11.5 Å². The first-order valence-electron chi connectivity index (χ1n) is 9.80. The van der Waals surface area contributed by atoms with Crippen molar-refractivity contribution in [1.29, 1.82) is 0 Å². The molecule has 1 saturated heterocycles. The predicted molar refractivity (Wildman–Crippen MR) is 114 cm³/mol. The molecule has 7 heteroatoms. The Morgan fingerprint density at radius 3 is 2.69 bits per heavy atom. The lowest BCUT2D eigenvalue weighted by Gasteiger charge is -2.40. The van der Waals surface area contributed by atoms with Gasteiger partial charge in [0, 0.05) is 62.8 Å². The lowest BCUT2D eigenvalue weighted by Crippen LogP contribution is -2.53. The summed E-state index contributed by atoms with van der Waals surface area (Å²) < 4.78 is 11.0. The fraction of sp³-hybridized carbons (Fsp3) is 0.364. The van der Waals surface area contributed by atoms with E-state index in [2.05, 4.69) is 39.3 Å². The highest BCUT2D eigenvalue weighted by Crippen LogP contribution is 2.31. The molecule has 7 nitrogen and oxygen atoms in total. The summed E-state index contributed by atoms with van der Waals surface area (Å²) in [6, 6.07) is 10.1. The van der Waals surface area contributed by atoms with Crippen LogP contribution in [0.15, 0.2) is 53.8 Å². The number of benzene rings is 1. The Labute approximate surface area is 171 Å². The van der Waals surface area contributed by atoms with Crippen LogP contribution in [0.4, 0.5) is 0 Å². The van der Waals surface area contributed by atoms with Crippen LogP contribution in [-0.2, 0) is 0 Å². The Kier molecular flexibility index (Phi) is 5.67. The number of aromatic nitrogens is 1. The molecule has 0 radical (unpaired) electrons. The van der Waals surface area contributed by atoms with Gasteiger partial charge in [-0.2, -0.15) is 0 Å². The smallest absolute Gasteiger partial charge is 0.201 e. The summed E-state index contributed by atoms with van der Waals surface area (Å²) in [5, 5.41) is 3.62. The molecule has 29 heavy (non-hydrogen) atoms. The molecule has 1 fully saturated rings. The van der Waals surface area contributed by atoms with Crippen molar-refractivity contribution in [2.24, 2.45) is 4.99 Å². The van der Waals surface area contributed by atoms with E-state index in [1.807, 2.05) is 24.3 Å². The zero-order valence-electron chi connectivity index (χ0n) is 17.1. The van der Waals surface area contributed by atoms with Gasteiger partial charge in [-0.25, -0.2) is 4.99 Å². The first-order chi connectivity index (χ1) is 14.2. The number of hydrogen-bond acceptors (Lipinski definition) is 7. The van der Waals surface area contributed by atoms with Crippen molar-refractivity contribution < 1.29 is 9.47 Å². The highest BCUT2D eigenvalue weighted by molar-refractivity contribution is 5.88. The first kappa shape index (κ1) is 19.3. The third kappa shape index (κ3) is 4.05. The molecule has 1 aromatic heterocycles. The van der Waals surface area contributed by atoms with Gasteiger partial charge in [0.2, 0.25) is 5.96 Å². The van der Waals surface area contributed by atoms with Crippen LogP contribution in [0.2, 0.25) is 0 Å². The summed E-state index contributed by atoms with van der Waals surface area (Å²) in [6.07, 6.45) is 5.77. The van der Waals surface area contributed by atoms with Crippen molar-refractivity contribution in [3.8, 4) is 11.5 Å². The molecular weight excluding hydrogens is 366 g/mol. The van der Waals surface area contributed by atoms with E-state index in [-0.39, 0.29) is 6.04 Å². The van der Waals surface area contributed by atoms with Crippen LogP contribution in [0, 0.1) is 0 Å². The number of pyridine rings is 1. The minimum absolute atomic E-state index is 0.149. The second-order valence-corrected chi connectivity index (χ2v) is 7.18. The zero-order chi connectivity index (χ0) is 20.2. The third-order valence-corrected chi connectivity index (χ3v) is 5.37. The molecule has 1 atom stereocenters. The van der Waals surface area contributed by atoms with Gasteiger partial charge in [-0.1, -0.05) is 0 Å². The molecule has 1 N–H and O–H groups in total. The van der Waals surface area contributed by atoms with Crippen LogP contribution >= 0.6 is 0 Å². The molecule has 0 amide bonds. The largest absolute Gasteiger partial charge is 0.497 e. The van der Waals surface area contributed by atoms with Crippen LogP contribution in [0.5, 0.6) is 11.5 Å². The molecule has 152 valence electrons. The van der Waals surface area contributed by atoms with Crippen molar-refractivity contribution in [1.82, 2.24) is 20.1 Å². The molecule has 2 aromatic rings. The number of nitrogens with zero attached hydrogens (tertiary/aromatic N) is 4. The van der Waals surface area contributed by atoms with Gasteiger partial charge in [-0.15, -0.1) is 0 Å². The molecule has 0 bridgehead atoms. The highest BCUT2D eigenvalue weighted by atomic mass is 16.5.